The number of pyridine rings is 1. The van der Waals surface area contributed by atoms with Gasteiger partial charge < -0.3 is 13.9 Å². The quantitative estimate of drug-likeness (QED) is 0.683. The molecule has 22 heavy (non-hydrogen) atoms. The standard InChI is InChI=1S/C17H13NO4/c1-20-17(19)13-8-9-18-16(11-13)22-14-6-4-12(5-7-14)15-3-2-10-21-15/h2-11H,1H3. The second-order valence-electron chi connectivity index (χ2n) is 4.48. The van der Waals surface area contributed by atoms with Crippen LogP contribution in [-0.2, 0) is 4.74 Å². The number of nitrogens with zero attached hydrogens (tertiary/aromatic N) is 1. The molecule has 110 valence electrons. The second kappa shape index (κ2) is 6.13. The topological polar surface area (TPSA) is 61.6 Å². The van der Waals surface area contributed by atoms with Crippen LogP contribution in [0.3, 0.4) is 0 Å². The Balaban J connectivity index is 1.77. The number of furan rings is 1. The van der Waals surface area contributed by atoms with Gasteiger partial charge in [0.2, 0.25) is 5.88 Å². The van der Waals surface area contributed by atoms with E-state index in [2.05, 4.69) is 9.72 Å². The molecule has 3 aromatic rings. The zero-order valence-electron chi connectivity index (χ0n) is 11.9. The van der Waals surface area contributed by atoms with E-state index in [1.807, 2.05) is 36.4 Å². The first kappa shape index (κ1) is 13.9. The van der Waals surface area contributed by atoms with Gasteiger partial charge in [0, 0.05) is 17.8 Å². The summed E-state index contributed by atoms with van der Waals surface area (Å²) >= 11 is 0. The third-order valence-electron chi connectivity index (χ3n) is 3.04. The minimum absolute atomic E-state index is 0.327. The van der Waals surface area contributed by atoms with Gasteiger partial charge in [-0.2, -0.15) is 0 Å². The van der Waals surface area contributed by atoms with Crippen LogP contribution in [0.5, 0.6) is 11.6 Å². The van der Waals surface area contributed by atoms with Gasteiger partial charge in [-0.25, -0.2) is 9.78 Å². The summed E-state index contributed by atoms with van der Waals surface area (Å²) in [4.78, 5) is 15.6. The molecule has 0 aliphatic heterocycles. The van der Waals surface area contributed by atoms with Crippen molar-refractivity contribution in [1.82, 2.24) is 4.98 Å². The van der Waals surface area contributed by atoms with Crippen molar-refractivity contribution in [3.63, 3.8) is 0 Å². The molecular formula is C17H13NO4. The Bertz CT molecular complexity index is 764. The summed E-state index contributed by atoms with van der Waals surface area (Å²) < 4.78 is 15.6. The minimum Gasteiger partial charge on any atom is -0.465 e. The number of carbonyl (C=O) groups is 1. The van der Waals surface area contributed by atoms with Crippen molar-refractivity contribution < 1.29 is 18.7 Å². The summed E-state index contributed by atoms with van der Waals surface area (Å²) in [5.41, 5.74) is 1.34. The zero-order chi connectivity index (χ0) is 15.4. The predicted molar refractivity (Wildman–Crippen MR) is 79.8 cm³/mol. The number of hydrogen-bond donors (Lipinski definition) is 0. The Kier molecular flexibility index (Phi) is 3.87. The number of hydrogen-bond acceptors (Lipinski definition) is 5. The lowest BCUT2D eigenvalue weighted by Crippen LogP contribution is -2.01. The molecule has 0 unspecified atom stereocenters. The van der Waals surface area contributed by atoms with Crippen molar-refractivity contribution in [2.45, 2.75) is 0 Å². The van der Waals surface area contributed by atoms with E-state index in [9.17, 15) is 4.79 Å². The van der Waals surface area contributed by atoms with Gasteiger partial charge >= 0.3 is 5.97 Å². The Hall–Kier alpha value is -3.08. The number of rotatable bonds is 4. The first-order chi connectivity index (χ1) is 10.8. The Morgan fingerprint density at radius 2 is 1.95 bits per heavy atom. The van der Waals surface area contributed by atoms with Crippen LogP contribution in [0.25, 0.3) is 11.3 Å². The summed E-state index contributed by atoms with van der Waals surface area (Å²) in [6.07, 6.45) is 3.13. The molecule has 0 N–H and O–H groups in total. The van der Waals surface area contributed by atoms with Gasteiger partial charge in [-0.1, -0.05) is 0 Å². The molecule has 2 aromatic heterocycles. The number of benzene rings is 1. The van der Waals surface area contributed by atoms with Crippen molar-refractivity contribution in [2.75, 3.05) is 7.11 Å². The minimum atomic E-state index is -0.430. The largest absolute Gasteiger partial charge is 0.465 e. The highest BCUT2D eigenvalue weighted by molar-refractivity contribution is 5.89. The van der Waals surface area contributed by atoms with E-state index in [0.29, 0.717) is 17.2 Å². The molecule has 0 radical (unpaired) electrons. The predicted octanol–water partition coefficient (Wildman–Crippen LogP) is 3.92. The lowest BCUT2D eigenvalue weighted by Gasteiger charge is -2.06. The SMILES string of the molecule is COC(=O)c1ccnc(Oc2ccc(-c3ccco3)cc2)c1. The van der Waals surface area contributed by atoms with E-state index in [4.69, 9.17) is 9.15 Å². The van der Waals surface area contributed by atoms with Crippen molar-refractivity contribution >= 4 is 5.97 Å². The molecule has 0 bridgehead atoms. The summed E-state index contributed by atoms with van der Waals surface area (Å²) in [6, 6.07) is 14.2. The van der Waals surface area contributed by atoms with Gasteiger partial charge in [0.25, 0.3) is 0 Å². The Morgan fingerprint density at radius 3 is 2.64 bits per heavy atom. The smallest absolute Gasteiger partial charge is 0.338 e. The van der Waals surface area contributed by atoms with Crippen molar-refractivity contribution in [3.8, 4) is 23.0 Å². The van der Waals surface area contributed by atoms with E-state index < -0.39 is 5.97 Å². The fourth-order valence-corrected chi connectivity index (χ4v) is 1.96. The molecule has 3 rings (SSSR count). The molecule has 2 heterocycles. The Labute approximate surface area is 127 Å². The molecule has 0 saturated heterocycles. The number of carbonyl (C=O) groups excluding carboxylic acids is 1. The fraction of sp³-hybridized carbons (Fsp3) is 0.0588. The van der Waals surface area contributed by atoms with Crippen LogP contribution in [0.4, 0.5) is 0 Å². The number of aromatic nitrogens is 1. The van der Waals surface area contributed by atoms with Gasteiger partial charge in [-0.15, -0.1) is 0 Å². The monoisotopic (exact) mass is 295 g/mol. The first-order valence-corrected chi connectivity index (χ1v) is 6.62. The Morgan fingerprint density at radius 1 is 1.14 bits per heavy atom. The van der Waals surface area contributed by atoms with E-state index in [-0.39, 0.29) is 0 Å². The average molecular weight is 295 g/mol. The van der Waals surface area contributed by atoms with Gasteiger partial charge in [0.15, 0.2) is 0 Å². The molecule has 0 fully saturated rings. The molecule has 0 amide bonds. The normalized spacial score (nSPS) is 10.2. The van der Waals surface area contributed by atoms with E-state index >= 15 is 0 Å². The molecule has 0 spiro atoms. The van der Waals surface area contributed by atoms with E-state index in [0.717, 1.165) is 11.3 Å². The number of ether oxygens (including phenoxy) is 2. The number of methoxy groups -OCH3 is 1. The molecule has 0 aliphatic carbocycles. The third-order valence-corrected chi connectivity index (χ3v) is 3.04. The second-order valence-corrected chi connectivity index (χ2v) is 4.48. The maximum absolute atomic E-state index is 11.5. The lowest BCUT2D eigenvalue weighted by atomic mass is 10.2. The maximum Gasteiger partial charge on any atom is 0.338 e. The van der Waals surface area contributed by atoms with Crippen LogP contribution in [0.1, 0.15) is 10.4 Å². The van der Waals surface area contributed by atoms with Crippen LogP contribution in [0.2, 0.25) is 0 Å². The summed E-state index contributed by atoms with van der Waals surface area (Å²) in [5, 5.41) is 0. The first-order valence-electron chi connectivity index (χ1n) is 6.62. The highest BCUT2D eigenvalue weighted by Gasteiger charge is 2.08. The van der Waals surface area contributed by atoms with Gasteiger partial charge in [0.05, 0.1) is 18.9 Å². The highest BCUT2D eigenvalue weighted by Crippen LogP contribution is 2.25. The van der Waals surface area contributed by atoms with Crippen LogP contribution in [0.15, 0.2) is 65.4 Å². The van der Waals surface area contributed by atoms with Gasteiger partial charge in [-0.3, -0.25) is 0 Å². The summed E-state index contributed by atoms with van der Waals surface area (Å²) in [6.45, 7) is 0. The highest BCUT2D eigenvalue weighted by atomic mass is 16.5. The molecule has 0 atom stereocenters. The van der Waals surface area contributed by atoms with Crippen LogP contribution >= 0.6 is 0 Å². The zero-order valence-corrected chi connectivity index (χ0v) is 11.9. The van der Waals surface area contributed by atoms with Crippen molar-refractivity contribution in [2.24, 2.45) is 0 Å². The van der Waals surface area contributed by atoms with E-state index in [1.54, 1.807) is 12.3 Å². The molecule has 0 saturated carbocycles. The fourth-order valence-electron chi connectivity index (χ4n) is 1.96. The molecule has 0 aliphatic rings. The molecule has 5 nitrogen and oxygen atoms in total. The number of esters is 1. The van der Waals surface area contributed by atoms with Crippen molar-refractivity contribution in [1.29, 1.82) is 0 Å². The van der Waals surface area contributed by atoms with E-state index in [1.165, 1.54) is 19.4 Å². The molecule has 1 aromatic carbocycles. The van der Waals surface area contributed by atoms with Crippen LogP contribution in [0, 0.1) is 0 Å². The average Bonchev–Trinajstić information content (AvgIpc) is 3.09. The van der Waals surface area contributed by atoms with Crippen LogP contribution in [-0.4, -0.2) is 18.1 Å². The summed E-state index contributed by atoms with van der Waals surface area (Å²) in [5.74, 6) is 1.30. The van der Waals surface area contributed by atoms with Gasteiger partial charge in [-0.05, 0) is 42.5 Å². The van der Waals surface area contributed by atoms with Gasteiger partial charge in [0.1, 0.15) is 11.5 Å². The third kappa shape index (κ3) is 2.98. The van der Waals surface area contributed by atoms with Crippen molar-refractivity contribution in [3.05, 3.63) is 66.6 Å². The van der Waals surface area contributed by atoms with Crippen LogP contribution < -0.4 is 4.74 Å². The lowest BCUT2D eigenvalue weighted by molar-refractivity contribution is 0.0600. The maximum atomic E-state index is 11.5. The summed E-state index contributed by atoms with van der Waals surface area (Å²) in [7, 11) is 1.33. The molecular weight excluding hydrogens is 282 g/mol. The molecule has 5 heteroatoms.